The highest BCUT2D eigenvalue weighted by Crippen LogP contribution is 2.65. The van der Waals surface area contributed by atoms with Gasteiger partial charge in [0.2, 0.25) is 0 Å². The Morgan fingerprint density at radius 1 is 1.12 bits per heavy atom. The van der Waals surface area contributed by atoms with Crippen LogP contribution in [0.25, 0.3) is 0 Å². The van der Waals surface area contributed by atoms with E-state index in [0.29, 0.717) is 11.8 Å². The van der Waals surface area contributed by atoms with Crippen molar-refractivity contribution in [2.45, 2.75) is 53.1 Å². The lowest BCUT2D eigenvalue weighted by Gasteiger charge is -2.59. The second-order valence-corrected chi connectivity index (χ2v) is 7.06. The highest BCUT2D eigenvalue weighted by atomic mass is 16.3. The van der Waals surface area contributed by atoms with Gasteiger partial charge in [-0.15, -0.1) is 0 Å². The van der Waals surface area contributed by atoms with Crippen molar-refractivity contribution in [2.24, 2.45) is 22.7 Å². The molecule has 1 unspecified atom stereocenters. The van der Waals surface area contributed by atoms with Gasteiger partial charge in [0, 0.05) is 22.7 Å². The molecule has 1 nitrogen and oxygen atoms in total. The molecule has 0 aliphatic heterocycles. The number of fused-ring (bicyclic) bond motifs is 6. The fraction of sp³-hybridized carbons (Fsp3) is 0.750. The highest BCUT2D eigenvalue weighted by molar-refractivity contribution is 5.40. The van der Waals surface area contributed by atoms with E-state index < -0.39 is 0 Å². The van der Waals surface area contributed by atoms with Gasteiger partial charge in [0.1, 0.15) is 0 Å². The first-order valence-electron chi connectivity index (χ1n) is 6.95. The third kappa shape index (κ3) is 1.19. The van der Waals surface area contributed by atoms with Crippen LogP contribution in [0.15, 0.2) is 23.3 Å². The van der Waals surface area contributed by atoms with Crippen molar-refractivity contribution >= 4 is 0 Å². The van der Waals surface area contributed by atoms with Gasteiger partial charge in [-0.2, -0.15) is 0 Å². The van der Waals surface area contributed by atoms with Crippen LogP contribution in [0, 0.1) is 22.7 Å². The average Bonchev–Trinajstić information content (AvgIpc) is 2.68. The minimum Gasteiger partial charge on any atom is -0.392 e. The molecule has 94 valence electrons. The first kappa shape index (κ1) is 11.5. The third-order valence-electron chi connectivity index (χ3n) is 5.84. The first-order valence-corrected chi connectivity index (χ1v) is 6.95. The number of aliphatic hydroxyl groups is 1. The summed E-state index contributed by atoms with van der Waals surface area (Å²) in [6.07, 6.45) is 8.23. The quantitative estimate of drug-likeness (QED) is 0.631. The summed E-state index contributed by atoms with van der Waals surface area (Å²) in [5, 5.41) is 10.8. The molecule has 3 aliphatic carbocycles. The summed E-state index contributed by atoms with van der Waals surface area (Å²) < 4.78 is 0. The van der Waals surface area contributed by atoms with Gasteiger partial charge in [0.05, 0.1) is 6.10 Å². The molecule has 0 heterocycles. The Balaban J connectivity index is 2.21. The normalized spacial score (nSPS) is 51.8. The largest absolute Gasteiger partial charge is 0.392 e. The lowest BCUT2D eigenvalue weighted by atomic mass is 9.47. The zero-order chi connectivity index (χ0) is 12.4. The predicted octanol–water partition coefficient (Wildman–Crippen LogP) is 3.70. The first-order chi connectivity index (χ1) is 7.91. The molecular weight excluding hydrogens is 208 g/mol. The van der Waals surface area contributed by atoms with Crippen molar-refractivity contribution < 1.29 is 5.11 Å². The SMILES string of the molecule is CC(C)=C1[C@H]2C=C[C@@H]1[C@@]1(C)CCC[C@]2(C)C1O. The summed E-state index contributed by atoms with van der Waals surface area (Å²) in [6, 6.07) is 0. The van der Waals surface area contributed by atoms with E-state index in [1.54, 1.807) is 5.57 Å². The van der Waals surface area contributed by atoms with E-state index in [0.717, 1.165) is 0 Å². The predicted molar refractivity (Wildman–Crippen MR) is 70.6 cm³/mol. The van der Waals surface area contributed by atoms with Crippen LogP contribution < -0.4 is 0 Å². The lowest BCUT2D eigenvalue weighted by molar-refractivity contribution is -0.136. The minimum absolute atomic E-state index is 0.0725. The number of hydrogen-bond acceptors (Lipinski definition) is 1. The van der Waals surface area contributed by atoms with E-state index in [4.69, 9.17) is 0 Å². The average molecular weight is 232 g/mol. The number of allylic oxidation sites excluding steroid dienone is 4. The maximum absolute atomic E-state index is 10.8. The van der Waals surface area contributed by atoms with Gasteiger partial charge >= 0.3 is 0 Å². The molecular formula is C16H24O. The van der Waals surface area contributed by atoms with E-state index in [-0.39, 0.29) is 16.9 Å². The van der Waals surface area contributed by atoms with Crippen molar-refractivity contribution in [3.63, 3.8) is 0 Å². The second kappa shape index (κ2) is 3.26. The van der Waals surface area contributed by atoms with E-state index in [1.807, 2.05) is 0 Å². The number of hydrogen-bond donors (Lipinski definition) is 1. The molecule has 4 bridgehead atoms. The summed E-state index contributed by atoms with van der Waals surface area (Å²) in [5.74, 6) is 0.974. The topological polar surface area (TPSA) is 20.2 Å². The van der Waals surface area contributed by atoms with Crippen LogP contribution in [0.5, 0.6) is 0 Å². The molecule has 0 aromatic carbocycles. The van der Waals surface area contributed by atoms with E-state index in [2.05, 4.69) is 39.8 Å². The molecule has 2 fully saturated rings. The van der Waals surface area contributed by atoms with Gasteiger partial charge in [0.15, 0.2) is 0 Å². The van der Waals surface area contributed by atoms with Crippen LogP contribution >= 0.6 is 0 Å². The molecule has 0 spiro atoms. The van der Waals surface area contributed by atoms with Gasteiger partial charge in [-0.25, -0.2) is 0 Å². The number of aliphatic hydroxyl groups excluding tert-OH is 1. The Kier molecular flexibility index (Phi) is 2.21. The van der Waals surface area contributed by atoms with Gasteiger partial charge < -0.3 is 5.11 Å². The highest BCUT2D eigenvalue weighted by Gasteiger charge is 2.62. The molecule has 17 heavy (non-hydrogen) atoms. The van der Waals surface area contributed by atoms with E-state index in [1.165, 1.54) is 24.8 Å². The number of rotatable bonds is 0. The lowest BCUT2D eigenvalue weighted by Crippen LogP contribution is -2.58. The Bertz CT molecular complexity index is 385. The fourth-order valence-corrected chi connectivity index (χ4v) is 4.92. The third-order valence-corrected chi connectivity index (χ3v) is 5.84. The van der Waals surface area contributed by atoms with Crippen molar-refractivity contribution in [3.05, 3.63) is 23.3 Å². The molecule has 0 radical (unpaired) electrons. The zero-order valence-corrected chi connectivity index (χ0v) is 11.5. The Morgan fingerprint density at radius 2 is 1.59 bits per heavy atom. The van der Waals surface area contributed by atoms with Crippen molar-refractivity contribution in [1.82, 2.24) is 0 Å². The Hall–Kier alpha value is -0.560. The minimum atomic E-state index is -0.142. The van der Waals surface area contributed by atoms with Crippen LogP contribution in [-0.2, 0) is 0 Å². The Morgan fingerprint density at radius 3 is 2.00 bits per heavy atom. The molecule has 3 rings (SSSR count). The monoisotopic (exact) mass is 232 g/mol. The molecule has 1 heteroatoms. The maximum Gasteiger partial charge on any atom is 0.0664 e. The molecule has 0 amide bonds. The summed E-state index contributed by atoms with van der Waals surface area (Å²) in [7, 11) is 0. The van der Waals surface area contributed by atoms with Crippen LogP contribution in [-0.4, -0.2) is 11.2 Å². The van der Waals surface area contributed by atoms with Crippen molar-refractivity contribution in [3.8, 4) is 0 Å². The van der Waals surface area contributed by atoms with Crippen molar-refractivity contribution in [1.29, 1.82) is 0 Å². The summed E-state index contributed by atoms with van der Waals surface area (Å²) in [6.45, 7) is 9.08. The van der Waals surface area contributed by atoms with Crippen molar-refractivity contribution in [2.75, 3.05) is 0 Å². The fourth-order valence-electron chi connectivity index (χ4n) is 4.92. The summed E-state index contributed by atoms with van der Waals surface area (Å²) in [5.41, 5.74) is 3.22. The molecule has 3 aliphatic rings. The molecule has 0 saturated heterocycles. The standard InChI is InChI=1S/C16H24O/c1-10(2)13-11-6-7-12(13)16(4)9-5-8-15(11,3)14(16)17/h6-7,11-12,14,17H,5,8-9H2,1-4H3/t11-,12+,14?,15+,16-. The van der Waals surface area contributed by atoms with Crippen LogP contribution in [0.2, 0.25) is 0 Å². The second-order valence-electron chi connectivity index (χ2n) is 7.06. The Labute approximate surface area is 105 Å². The zero-order valence-electron chi connectivity index (χ0n) is 11.5. The van der Waals surface area contributed by atoms with E-state index in [9.17, 15) is 5.11 Å². The summed E-state index contributed by atoms with van der Waals surface area (Å²) in [4.78, 5) is 0. The molecule has 0 aromatic rings. The molecule has 5 atom stereocenters. The molecule has 0 aromatic heterocycles. The van der Waals surface area contributed by atoms with Gasteiger partial charge in [-0.05, 0) is 26.7 Å². The smallest absolute Gasteiger partial charge is 0.0664 e. The molecule has 2 saturated carbocycles. The van der Waals surface area contributed by atoms with Crippen LogP contribution in [0.3, 0.4) is 0 Å². The van der Waals surface area contributed by atoms with Gasteiger partial charge in [0.25, 0.3) is 0 Å². The van der Waals surface area contributed by atoms with Crippen LogP contribution in [0.4, 0.5) is 0 Å². The van der Waals surface area contributed by atoms with Gasteiger partial charge in [-0.3, -0.25) is 0 Å². The van der Waals surface area contributed by atoms with Gasteiger partial charge in [-0.1, -0.05) is 43.6 Å². The maximum atomic E-state index is 10.8. The molecule has 1 N–H and O–H groups in total. The van der Waals surface area contributed by atoms with E-state index >= 15 is 0 Å². The summed E-state index contributed by atoms with van der Waals surface area (Å²) >= 11 is 0. The van der Waals surface area contributed by atoms with Crippen LogP contribution in [0.1, 0.15) is 47.0 Å².